The monoisotopic (exact) mass is 274 g/mol. The summed E-state index contributed by atoms with van der Waals surface area (Å²) in [4.78, 5) is 12.5. The lowest BCUT2D eigenvalue weighted by Crippen LogP contribution is -2.04. The Bertz CT molecular complexity index is 539. The van der Waals surface area contributed by atoms with E-state index in [0.717, 1.165) is 6.42 Å². The minimum Gasteiger partial charge on any atom is -0.507 e. The van der Waals surface area contributed by atoms with Crippen molar-refractivity contribution < 1.29 is 14.6 Å². The average molecular weight is 274 g/mol. The third-order valence-corrected chi connectivity index (χ3v) is 3.16. The zero-order valence-electron chi connectivity index (χ0n) is 12.6. The Hall–Kier alpha value is -2.03. The van der Waals surface area contributed by atoms with Crippen molar-refractivity contribution in [2.45, 2.75) is 33.6 Å². The van der Waals surface area contributed by atoms with E-state index in [2.05, 4.69) is 0 Å². The van der Waals surface area contributed by atoms with E-state index in [1.165, 1.54) is 0 Å². The fraction of sp³-hybridized carbons (Fsp3) is 0.353. The van der Waals surface area contributed by atoms with E-state index in [1.54, 1.807) is 31.4 Å². The maximum absolute atomic E-state index is 12.5. The van der Waals surface area contributed by atoms with Crippen molar-refractivity contribution in [1.82, 2.24) is 0 Å². The molecule has 0 radical (unpaired) electrons. The van der Waals surface area contributed by atoms with E-state index in [9.17, 15) is 9.90 Å². The molecule has 1 aromatic carbocycles. The molecule has 0 aliphatic heterocycles. The number of Topliss-reactive ketones (excluding diaryl/α,β-unsaturated/α-hetero) is 1. The summed E-state index contributed by atoms with van der Waals surface area (Å²) in [5.41, 5.74) is 1.55. The van der Waals surface area contributed by atoms with Gasteiger partial charge in [-0.1, -0.05) is 32.1 Å². The van der Waals surface area contributed by atoms with Gasteiger partial charge in [-0.25, -0.2) is 0 Å². The van der Waals surface area contributed by atoms with Gasteiger partial charge >= 0.3 is 0 Å². The maximum Gasteiger partial charge on any atom is 0.196 e. The summed E-state index contributed by atoms with van der Waals surface area (Å²) in [6, 6.07) is 3.33. The van der Waals surface area contributed by atoms with Crippen LogP contribution in [-0.2, 0) is 6.42 Å². The highest BCUT2D eigenvalue weighted by Gasteiger charge is 2.18. The maximum atomic E-state index is 12.5. The molecule has 0 amide bonds. The Morgan fingerprint density at radius 2 is 2.05 bits per heavy atom. The minimum atomic E-state index is -0.174. The molecule has 0 aliphatic rings. The van der Waals surface area contributed by atoms with Gasteiger partial charge in [0, 0.05) is 11.1 Å². The van der Waals surface area contributed by atoms with Crippen molar-refractivity contribution in [1.29, 1.82) is 0 Å². The lowest BCUT2D eigenvalue weighted by atomic mass is 9.97. The second-order valence-corrected chi connectivity index (χ2v) is 4.38. The second kappa shape index (κ2) is 7.53. The first-order valence-corrected chi connectivity index (χ1v) is 6.86. The Morgan fingerprint density at radius 1 is 1.35 bits per heavy atom. The molecular weight excluding hydrogens is 252 g/mol. The van der Waals surface area contributed by atoms with Crippen molar-refractivity contribution in [3.63, 3.8) is 0 Å². The number of carbonyl (C=O) groups excluding carboxylic acids is 1. The van der Waals surface area contributed by atoms with Gasteiger partial charge in [0.15, 0.2) is 5.78 Å². The molecule has 0 atom stereocenters. The number of ketones is 1. The van der Waals surface area contributed by atoms with Gasteiger partial charge in [-0.2, -0.15) is 0 Å². The van der Waals surface area contributed by atoms with Crippen LogP contribution in [0.25, 0.3) is 0 Å². The van der Waals surface area contributed by atoms with Gasteiger partial charge in [-0.05, 0) is 31.9 Å². The molecule has 0 fully saturated rings. The van der Waals surface area contributed by atoms with Crippen LogP contribution in [0.4, 0.5) is 0 Å². The summed E-state index contributed by atoms with van der Waals surface area (Å²) in [6.45, 7) is 5.74. The normalized spacial score (nSPS) is 11.9. The van der Waals surface area contributed by atoms with Gasteiger partial charge in [0.25, 0.3) is 0 Å². The minimum absolute atomic E-state index is 0.0149. The van der Waals surface area contributed by atoms with Gasteiger partial charge in [0.2, 0.25) is 0 Å². The molecule has 0 saturated heterocycles. The highest BCUT2D eigenvalue weighted by atomic mass is 16.5. The van der Waals surface area contributed by atoms with Crippen molar-refractivity contribution in [2.24, 2.45) is 0 Å². The largest absolute Gasteiger partial charge is 0.507 e. The Labute approximate surface area is 120 Å². The molecule has 1 N–H and O–H groups in total. The summed E-state index contributed by atoms with van der Waals surface area (Å²) in [5, 5.41) is 10.3. The number of allylic oxidation sites excluding steroid dienone is 4. The predicted octanol–water partition coefficient (Wildman–Crippen LogP) is 4.06. The number of benzene rings is 1. The number of phenolic OH excluding ortho intramolecular Hbond substituents is 1. The number of ether oxygens (including phenoxy) is 1. The second-order valence-electron chi connectivity index (χ2n) is 4.38. The lowest BCUT2D eigenvalue weighted by Gasteiger charge is -2.12. The molecular formula is C17H22O3. The number of phenols is 1. The molecule has 108 valence electrons. The zero-order chi connectivity index (χ0) is 15.1. The molecule has 0 aromatic heterocycles. The molecule has 0 saturated carbocycles. The average Bonchev–Trinajstić information content (AvgIpc) is 2.47. The van der Waals surface area contributed by atoms with E-state index in [4.69, 9.17) is 4.74 Å². The fourth-order valence-corrected chi connectivity index (χ4v) is 2.04. The summed E-state index contributed by atoms with van der Waals surface area (Å²) in [7, 11) is 1.55. The standard InChI is InChI=1S/C17H22O3/c1-5-8-9-12(6-2)16(18)14-10-11-15(20-4)13(7-3)17(14)19/h6,8-11,19H,5,7H2,1-4H3/b9-8-,12-6+. The van der Waals surface area contributed by atoms with Crippen molar-refractivity contribution in [3.05, 3.63) is 47.1 Å². The molecule has 20 heavy (non-hydrogen) atoms. The first-order valence-electron chi connectivity index (χ1n) is 6.86. The van der Waals surface area contributed by atoms with Crippen molar-refractivity contribution in [3.8, 4) is 11.5 Å². The highest BCUT2D eigenvalue weighted by Crippen LogP contribution is 2.33. The first kappa shape index (κ1) is 16.0. The molecule has 0 heterocycles. The molecule has 1 aromatic rings. The number of methoxy groups -OCH3 is 1. The smallest absolute Gasteiger partial charge is 0.196 e. The fourth-order valence-electron chi connectivity index (χ4n) is 2.04. The van der Waals surface area contributed by atoms with Crippen LogP contribution in [0.15, 0.2) is 35.9 Å². The molecule has 0 unspecified atom stereocenters. The molecule has 0 aliphatic carbocycles. The Balaban J connectivity index is 3.26. The first-order chi connectivity index (χ1) is 9.60. The zero-order valence-corrected chi connectivity index (χ0v) is 12.6. The van der Waals surface area contributed by atoms with E-state index in [0.29, 0.717) is 28.9 Å². The van der Waals surface area contributed by atoms with Crippen molar-refractivity contribution in [2.75, 3.05) is 7.11 Å². The summed E-state index contributed by atoms with van der Waals surface area (Å²) < 4.78 is 5.20. The van der Waals surface area contributed by atoms with E-state index >= 15 is 0 Å². The van der Waals surface area contributed by atoms with Gasteiger partial charge in [-0.15, -0.1) is 0 Å². The van der Waals surface area contributed by atoms with Crippen LogP contribution in [-0.4, -0.2) is 18.0 Å². The lowest BCUT2D eigenvalue weighted by molar-refractivity contribution is 0.103. The van der Waals surface area contributed by atoms with E-state index in [-0.39, 0.29) is 11.5 Å². The van der Waals surface area contributed by atoms with Gasteiger partial charge in [-0.3, -0.25) is 4.79 Å². The van der Waals surface area contributed by atoms with Gasteiger partial charge in [0.05, 0.1) is 12.7 Å². The van der Waals surface area contributed by atoms with Gasteiger partial charge in [0.1, 0.15) is 11.5 Å². The molecule has 0 bridgehead atoms. The van der Waals surface area contributed by atoms with Crippen LogP contribution in [0, 0.1) is 0 Å². The quantitative estimate of drug-likeness (QED) is 0.483. The SMILES string of the molecule is C/C=C(\C=C/CC)C(=O)c1ccc(OC)c(CC)c1O. The van der Waals surface area contributed by atoms with Crippen LogP contribution in [0.3, 0.4) is 0 Å². The van der Waals surface area contributed by atoms with Crippen LogP contribution in [0.5, 0.6) is 11.5 Å². The summed E-state index contributed by atoms with van der Waals surface area (Å²) in [5.74, 6) is 0.445. The molecule has 3 nitrogen and oxygen atoms in total. The third kappa shape index (κ3) is 3.29. The Kier molecular flexibility index (Phi) is 6.04. The number of aromatic hydroxyl groups is 1. The summed E-state index contributed by atoms with van der Waals surface area (Å²) >= 11 is 0. The Morgan fingerprint density at radius 3 is 2.55 bits per heavy atom. The van der Waals surface area contributed by atoms with E-state index < -0.39 is 0 Å². The number of carbonyl (C=O) groups is 1. The van der Waals surface area contributed by atoms with Crippen LogP contribution >= 0.6 is 0 Å². The molecule has 0 spiro atoms. The number of rotatable bonds is 6. The van der Waals surface area contributed by atoms with Crippen LogP contribution in [0.1, 0.15) is 43.1 Å². The third-order valence-electron chi connectivity index (χ3n) is 3.16. The van der Waals surface area contributed by atoms with E-state index in [1.807, 2.05) is 26.8 Å². The number of hydrogen-bond acceptors (Lipinski definition) is 3. The highest BCUT2D eigenvalue weighted by molar-refractivity contribution is 6.12. The predicted molar refractivity (Wildman–Crippen MR) is 81.6 cm³/mol. The molecule has 3 heteroatoms. The number of hydrogen-bond donors (Lipinski definition) is 1. The molecule has 1 rings (SSSR count). The van der Waals surface area contributed by atoms with Crippen molar-refractivity contribution >= 4 is 5.78 Å². The van der Waals surface area contributed by atoms with Gasteiger partial charge < -0.3 is 9.84 Å². The summed E-state index contributed by atoms with van der Waals surface area (Å²) in [6.07, 6.45) is 6.93. The topological polar surface area (TPSA) is 46.5 Å². The van der Waals surface area contributed by atoms with Crippen LogP contribution < -0.4 is 4.74 Å². The van der Waals surface area contributed by atoms with Crippen LogP contribution in [0.2, 0.25) is 0 Å².